The summed E-state index contributed by atoms with van der Waals surface area (Å²) >= 11 is 0. The molecule has 1 aliphatic carbocycles. The maximum absolute atomic E-state index is 8.75. The summed E-state index contributed by atoms with van der Waals surface area (Å²) < 4.78 is 0. The van der Waals surface area contributed by atoms with E-state index in [4.69, 9.17) is 11.0 Å². The van der Waals surface area contributed by atoms with E-state index in [2.05, 4.69) is 11.4 Å². The van der Waals surface area contributed by atoms with Gasteiger partial charge in [0, 0.05) is 12.2 Å². The Morgan fingerprint density at radius 2 is 2.27 bits per heavy atom. The van der Waals surface area contributed by atoms with Crippen LogP contribution in [0, 0.1) is 16.7 Å². The molecule has 3 heteroatoms. The van der Waals surface area contributed by atoms with Crippen LogP contribution in [-0.4, -0.2) is 13.1 Å². The zero-order valence-corrected chi connectivity index (χ0v) is 8.66. The van der Waals surface area contributed by atoms with Gasteiger partial charge in [0.1, 0.15) is 0 Å². The normalized spacial score (nSPS) is 16.8. The van der Waals surface area contributed by atoms with Gasteiger partial charge in [0.15, 0.2) is 0 Å². The Morgan fingerprint density at radius 1 is 1.47 bits per heavy atom. The Hall–Kier alpha value is -1.53. The summed E-state index contributed by atoms with van der Waals surface area (Å²) in [5, 5.41) is 12.1. The van der Waals surface area contributed by atoms with Crippen LogP contribution in [0.25, 0.3) is 0 Å². The van der Waals surface area contributed by atoms with E-state index in [9.17, 15) is 0 Å². The lowest BCUT2D eigenvalue weighted by Gasteiger charge is -2.14. The van der Waals surface area contributed by atoms with Crippen LogP contribution in [0.3, 0.4) is 0 Å². The van der Waals surface area contributed by atoms with Crippen molar-refractivity contribution in [3.63, 3.8) is 0 Å². The molecular weight excluding hydrogens is 186 g/mol. The summed E-state index contributed by atoms with van der Waals surface area (Å²) in [6.45, 7) is 1.66. The van der Waals surface area contributed by atoms with Gasteiger partial charge in [-0.1, -0.05) is 6.07 Å². The van der Waals surface area contributed by atoms with Crippen LogP contribution in [0.1, 0.15) is 18.4 Å². The molecule has 0 amide bonds. The minimum absolute atomic E-state index is 0.322. The minimum Gasteiger partial charge on any atom is -0.384 e. The van der Waals surface area contributed by atoms with E-state index in [-0.39, 0.29) is 0 Å². The second-order valence-electron chi connectivity index (χ2n) is 4.25. The van der Waals surface area contributed by atoms with E-state index in [1.54, 1.807) is 6.07 Å². The Bertz CT molecular complexity index is 388. The molecule has 15 heavy (non-hydrogen) atoms. The van der Waals surface area contributed by atoms with Gasteiger partial charge in [0.05, 0.1) is 11.6 Å². The predicted octanol–water partition coefficient (Wildman–Crippen LogP) is 1.71. The summed E-state index contributed by atoms with van der Waals surface area (Å²) in [5.74, 6) is 0. The van der Waals surface area contributed by atoms with Gasteiger partial charge in [-0.2, -0.15) is 5.26 Å². The van der Waals surface area contributed by atoms with Crippen molar-refractivity contribution in [3.8, 4) is 6.07 Å². The van der Waals surface area contributed by atoms with Crippen LogP contribution in [-0.2, 0) is 0 Å². The highest BCUT2D eigenvalue weighted by atomic mass is 14.9. The Balaban J connectivity index is 1.96. The molecule has 1 aromatic carbocycles. The van der Waals surface area contributed by atoms with Crippen LogP contribution < -0.4 is 11.1 Å². The lowest BCUT2D eigenvalue weighted by molar-refractivity contribution is 0.556. The molecule has 0 aliphatic heterocycles. The number of hydrogen-bond acceptors (Lipinski definition) is 3. The number of nitrogens with two attached hydrogens (primary N) is 1. The van der Waals surface area contributed by atoms with Crippen LogP contribution in [0.15, 0.2) is 24.3 Å². The van der Waals surface area contributed by atoms with Crippen molar-refractivity contribution in [2.24, 2.45) is 11.1 Å². The van der Waals surface area contributed by atoms with Crippen molar-refractivity contribution in [3.05, 3.63) is 29.8 Å². The topological polar surface area (TPSA) is 61.8 Å². The highest BCUT2D eigenvalue weighted by Crippen LogP contribution is 2.44. The van der Waals surface area contributed by atoms with E-state index < -0.39 is 0 Å². The fraction of sp³-hybridized carbons (Fsp3) is 0.417. The van der Waals surface area contributed by atoms with E-state index in [1.807, 2.05) is 18.2 Å². The molecule has 0 unspecified atom stereocenters. The second kappa shape index (κ2) is 3.92. The number of rotatable bonds is 4. The highest BCUT2D eigenvalue weighted by molar-refractivity contribution is 5.49. The summed E-state index contributed by atoms with van der Waals surface area (Å²) in [4.78, 5) is 0. The molecule has 3 nitrogen and oxygen atoms in total. The zero-order valence-electron chi connectivity index (χ0n) is 8.66. The quantitative estimate of drug-likeness (QED) is 0.779. The van der Waals surface area contributed by atoms with Crippen molar-refractivity contribution < 1.29 is 0 Å². The molecule has 3 N–H and O–H groups in total. The molecule has 1 fully saturated rings. The Labute approximate surface area is 89.9 Å². The largest absolute Gasteiger partial charge is 0.384 e. The van der Waals surface area contributed by atoms with E-state index in [0.717, 1.165) is 18.8 Å². The third-order valence-electron chi connectivity index (χ3n) is 3.05. The van der Waals surface area contributed by atoms with Crippen LogP contribution in [0.4, 0.5) is 5.69 Å². The lowest BCUT2D eigenvalue weighted by Crippen LogP contribution is -2.24. The molecule has 0 spiro atoms. The molecule has 0 radical (unpaired) electrons. The molecule has 1 saturated carbocycles. The number of benzene rings is 1. The summed E-state index contributed by atoms with van der Waals surface area (Å²) in [6, 6.07) is 9.68. The van der Waals surface area contributed by atoms with Crippen molar-refractivity contribution in [2.45, 2.75) is 12.8 Å². The fourth-order valence-electron chi connectivity index (χ4n) is 1.62. The van der Waals surface area contributed by atoms with Gasteiger partial charge in [-0.05, 0) is 43.0 Å². The average Bonchev–Trinajstić information content (AvgIpc) is 3.07. The fourth-order valence-corrected chi connectivity index (χ4v) is 1.62. The van der Waals surface area contributed by atoms with Crippen molar-refractivity contribution in [1.29, 1.82) is 5.26 Å². The van der Waals surface area contributed by atoms with E-state index >= 15 is 0 Å². The molecule has 0 aromatic heterocycles. The van der Waals surface area contributed by atoms with Gasteiger partial charge in [-0.25, -0.2) is 0 Å². The smallest absolute Gasteiger partial charge is 0.0992 e. The minimum atomic E-state index is 0.322. The molecule has 0 saturated heterocycles. The highest BCUT2D eigenvalue weighted by Gasteiger charge is 2.40. The third-order valence-corrected chi connectivity index (χ3v) is 3.05. The van der Waals surface area contributed by atoms with Crippen LogP contribution in [0.2, 0.25) is 0 Å². The monoisotopic (exact) mass is 201 g/mol. The maximum Gasteiger partial charge on any atom is 0.0992 e. The van der Waals surface area contributed by atoms with Gasteiger partial charge in [0.2, 0.25) is 0 Å². The average molecular weight is 201 g/mol. The molecule has 0 bridgehead atoms. The first-order valence-corrected chi connectivity index (χ1v) is 5.22. The Kier molecular flexibility index (Phi) is 2.61. The standard InChI is InChI=1S/C12H15N3/c13-7-10-2-1-3-11(6-10)15-9-12(8-14)4-5-12/h1-3,6,15H,4-5,8-9,14H2. The van der Waals surface area contributed by atoms with Gasteiger partial charge in [0.25, 0.3) is 0 Å². The van der Waals surface area contributed by atoms with Gasteiger partial charge >= 0.3 is 0 Å². The number of nitrogens with one attached hydrogen (secondary N) is 1. The molecular formula is C12H15N3. The summed E-state index contributed by atoms with van der Waals surface area (Å²) in [6.07, 6.45) is 2.43. The SMILES string of the molecule is N#Cc1cccc(NCC2(CN)CC2)c1. The maximum atomic E-state index is 8.75. The van der Waals surface area contributed by atoms with Crippen molar-refractivity contribution in [1.82, 2.24) is 0 Å². The molecule has 2 rings (SSSR count). The first kappa shape index (κ1) is 10.0. The zero-order chi connectivity index (χ0) is 10.7. The van der Waals surface area contributed by atoms with E-state index in [0.29, 0.717) is 11.0 Å². The predicted molar refractivity (Wildman–Crippen MR) is 60.4 cm³/mol. The summed E-state index contributed by atoms with van der Waals surface area (Å²) in [5.41, 5.74) is 7.72. The first-order valence-electron chi connectivity index (χ1n) is 5.22. The number of nitriles is 1. The number of nitrogens with zero attached hydrogens (tertiary/aromatic N) is 1. The van der Waals surface area contributed by atoms with Gasteiger partial charge < -0.3 is 11.1 Å². The molecule has 1 aliphatic rings. The molecule has 78 valence electrons. The van der Waals surface area contributed by atoms with Gasteiger partial charge in [-0.3, -0.25) is 0 Å². The van der Waals surface area contributed by atoms with Crippen molar-refractivity contribution in [2.75, 3.05) is 18.4 Å². The second-order valence-corrected chi connectivity index (χ2v) is 4.25. The number of anilines is 1. The van der Waals surface area contributed by atoms with Gasteiger partial charge in [-0.15, -0.1) is 0 Å². The van der Waals surface area contributed by atoms with Crippen LogP contribution >= 0.6 is 0 Å². The van der Waals surface area contributed by atoms with Crippen LogP contribution in [0.5, 0.6) is 0 Å². The number of hydrogen-bond donors (Lipinski definition) is 2. The molecule has 0 atom stereocenters. The summed E-state index contributed by atoms with van der Waals surface area (Å²) in [7, 11) is 0. The molecule has 1 aromatic rings. The van der Waals surface area contributed by atoms with E-state index in [1.165, 1.54) is 12.8 Å². The van der Waals surface area contributed by atoms with Crippen molar-refractivity contribution >= 4 is 5.69 Å². The lowest BCUT2D eigenvalue weighted by atomic mass is 10.1. The third kappa shape index (κ3) is 2.28. The Morgan fingerprint density at radius 3 is 2.87 bits per heavy atom. The first-order chi connectivity index (χ1) is 7.28. The molecule has 0 heterocycles.